The number of rotatable bonds is 2. The van der Waals surface area contributed by atoms with Crippen molar-refractivity contribution in [3.63, 3.8) is 0 Å². The van der Waals surface area contributed by atoms with Crippen LogP contribution in [0.4, 0.5) is 0 Å². The van der Waals surface area contributed by atoms with E-state index >= 15 is 0 Å². The van der Waals surface area contributed by atoms with Gasteiger partial charge >= 0.3 is 0 Å². The summed E-state index contributed by atoms with van der Waals surface area (Å²) in [7, 11) is 0. The molecule has 0 atom stereocenters. The fourth-order valence-corrected chi connectivity index (χ4v) is 1.70. The average Bonchev–Trinajstić information content (AvgIpc) is 2.55. The third-order valence-corrected chi connectivity index (χ3v) is 2.54. The second-order valence-corrected chi connectivity index (χ2v) is 3.48. The SMILES string of the molecule is Cc1nn(-c2cccnc2)c(C)c1CN. The molecule has 0 amide bonds. The van der Waals surface area contributed by atoms with Crippen molar-refractivity contribution in [1.82, 2.24) is 14.8 Å². The molecule has 78 valence electrons. The summed E-state index contributed by atoms with van der Waals surface area (Å²) < 4.78 is 1.88. The highest BCUT2D eigenvalue weighted by atomic mass is 15.3. The molecule has 0 bridgehead atoms. The molecule has 0 radical (unpaired) electrons. The van der Waals surface area contributed by atoms with Crippen LogP contribution in [-0.2, 0) is 6.54 Å². The van der Waals surface area contributed by atoms with Gasteiger partial charge in [0.05, 0.1) is 17.6 Å². The fraction of sp³-hybridized carbons (Fsp3) is 0.273. The smallest absolute Gasteiger partial charge is 0.0832 e. The monoisotopic (exact) mass is 202 g/mol. The quantitative estimate of drug-likeness (QED) is 0.799. The Labute approximate surface area is 88.8 Å². The van der Waals surface area contributed by atoms with Gasteiger partial charge in [0.15, 0.2) is 0 Å². The number of hydrogen-bond acceptors (Lipinski definition) is 3. The van der Waals surface area contributed by atoms with E-state index in [1.165, 1.54) is 0 Å². The molecule has 2 rings (SSSR count). The van der Waals surface area contributed by atoms with Crippen LogP contribution in [0.1, 0.15) is 17.0 Å². The van der Waals surface area contributed by atoms with E-state index in [9.17, 15) is 0 Å². The van der Waals surface area contributed by atoms with Crippen molar-refractivity contribution in [3.05, 3.63) is 41.5 Å². The number of nitrogens with two attached hydrogens (primary N) is 1. The van der Waals surface area contributed by atoms with Gasteiger partial charge in [-0.25, -0.2) is 4.68 Å². The largest absolute Gasteiger partial charge is 0.326 e. The molecule has 0 fully saturated rings. The van der Waals surface area contributed by atoms with E-state index in [1.807, 2.05) is 30.7 Å². The van der Waals surface area contributed by atoms with Gasteiger partial charge in [-0.1, -0.05) is 0 Å². The van der Waals surface area contributed by atoms with Crippen LogP contribution in [0.2, 0.25) is 0 Å². The zero-order chi connectivity index (χ0) is 10.8. The average molecular weight is 202 g/mol. The van der Waals surface area contributed by atoms with Crippen LogP contribution in [0.3, 0.4) is 0 Å². The summed E-state index contributed by atoms with van der Waals surface area (Å²) in [6.45, 7) is 4.52. The van der Waals surface area contributed by atoms with Crippen LogP contribution in [0, 0.1) is 13.8 Å². The molecule has 0 aliphatic carbocycles. The Kier molecular flexibility index (Phi) is 2.51. The first-order chi connectivity index (χ1) is 7.24. The van der Waals surface area contributed by atoms with Crippen molar-refractivity contribution < 1.29 is 0 Å². The number of aromatic nitrogens is 3. The van der Waals surface area contributed by atoms with Crippen molar-refractivity contribution in [2.24, 2.45) is 5.73 Å². The van der Waals surface area contributed by atoms with Gasteiger partial charge in [-0.05, 0) is 26.0 Å². The van der Waals surface area contributed by atoms with E-state index in [1.54, 1.807) is 12.4 Å². The lowest BCUT2D eigenvalue weighted by Gasteiger charge is -2.03. The highest BCUT2D eigenvalue weighted by Gasteiger charge is 2.10. The zero-order valence-electron chi connectivity index (χ0n) is 8.94. The third kappa shape index (κ3) is 1.64. The van der Waals surface area contributed by atoms with Crippen molar-refractivity contribution >= 4 is 0 Å². The van der Waals surface area contributed by atoms with E-state index < -0.39 is 0 Å². The van der Waals surface area contributed by atoms with E-state index in [-0.39, 0.29) is 0 Å². The maximum atomic E-state index is 5.67. The molecular formula is C11H14N4. The minimum Gasteiger partial charge on any atom is -0.326 e. The number of pyridine rings is 1. The Hall–Kier alpha value is -1.68. The maximum absolute atomic E-state index is 5.67. The van der Waals surface area contributed by atoms with E-state index in [0.717, 1.165) is 22.6 Å². The lowest BCUT2D eigenvalue weighted by Crippen LogP contribution is -2.02. The van der Waals surface area contributed by atoms with Crippen LogP contribution >= 0.6 is 0 Å². The molecule has 2 aromatic heterocycles. The Morgan fingerprint density at radius 1 is 1.40 bits per heavy atom. The predicted octanol–water partition coefficient (Wildman–Crippen LogP) is 1.34. The van der Waals surface area contributed by atoms with Crippen LogP contribution in [0.5, 0.6) is 0 Å². The first-order valence-corrected chi connectivity index (χ1v) is 4.89. The lowest BCUT2D eigenvalue weighted by molar-refractivity contribution is 0.827. The number of aryl methyl sites for hydroxylation is 1. The summed E-state index contributed by atoms with van der Waals surface area (Å²) in [5.41, 5.74) is 9.83. The molecule has 0 saturated heterocycles. The Morgan fingerprint density at radius 2 is 2.20 bits per heavy atom. The standard InChI is InChI=1S/C11H14N4/c1-8-11(6-12)9(2)15(14-8)10-4-3-5-13-7-10/h3-5,7H,6,12H2,1-2H3. The summed E-state index contributed by atoms with van der Waals surface area (Å²) in [5, 5.41) is 4.45. The van der Waals surface area contributed by atoms with Crippen LogP contribution in [-0.4, -0.2) is 14.8 Å². The fourth-order valence-electron chi connectivity index (χ4n) is 1.70. The predicted molar refractivity (Wildman–Crippen MR) is 58.7 cm³/mol. The zero-order valence-corrected chi connectivity index (χ0v) is 8.94. The van der Waals surface area contributed by atoms with Crippen molar-refractivity contribution in [2.45, 2.75) is 20.4 Å². The summed E-state index contributed by atoms with van der Waals surface area (Å²) in [6, 6.07) is 3.88. The molecule has 4 heteroatoms. The molecular weight excluding hydrogens is 188 g/mol. The van der Waals surface area contributed by atoms with Gasteiger partial charge in [0.1, 0.15) is 0 Å². The number of hydrogen-bond donors (Lipinski definition) is 1. The topological polar surface area (TPSA) is 56.7 Å². The van der Waals surface area contributed by atoms with Crippen LogP contribution < -0.4 is 5.73 Å². The molecule has 4 nitrogen and oxygen atoms in total. The van der Waals surface area contributed by atoms with E-state index in [0.29, 0.717) is 6.54 Å². The third-order valence-electron chi connectivity index (χ3n) is 2.54. The molecule has 0 saturated carbocycles. The van der Waals surface area contributed by atoms with E-state index in [4.69, 9.17) is 5.73 Å². The first kappa shape index (κ1) is 9.86. The molecule has 2 heterocycles. The minimum absolute atomic E-state index is 0.526. The first-order valence-electron chi connectivity index (χ1n) is 4.89. The molecule has 2 aromatic rings. The summed E-state index contributed by atoms with van der Waals surface area (Å²) in [4.78, 5) is 4.07. The molecule has 0 aromatic carbocycles. The van der Waals surface area contributed by atoms with Gasteiger partial charge in [-0.2, -0.15) is 5.10 Å². The molecule has 2 N–H and O–H groups in total. The Balaban J connectivity index is 2.55. The maximum Gasteiger partial charge on any atom is 0.0832 e. The summed E-state index contributed by atoms with van der Waals surface area (Å²) in [5.74, 6) is 0. The Morgan fingerprint density at radius 3 is 2.73 bits per heavy atom. The van der Waals surface area contributed by atoms with Gasteiger partial charge in [0.25, 0.3) is 0 Å². The molecule has 0 aliphatic heterocycles. The molecule has 0 aliphatic rings. The van der Waals surface area contributed by atoms with Crippen molar-refractivity contribution in [2.75, 3.05) is 0 Å². The molecule has 0 spiro atoms. The van der Waals surface area contributed by atoms with Crippen LogP contribution in [0.15, 0.2) is 24.5 Å². The summed E-state index contributed by atoms with van der Waals surface area (Å²) in [6.07, 6.45) is 3.54. The van der Waals surface area contributed by atoms with Gasteiger partial charge < -0.3 is 5.73 Å². The van der Waals surface area contributed by atoms with Gasteiger partial charge in [-0.15, -0.1) is 0 Å². The second kappa shape index (κ2) is 3.82. The normalized spacial score (nSPS) is 10.6. The summed E-state index contributed by atoms with van der Waals surface area (Å²) >= 11 is 0. The van der Waals surface area contributed by atoms with Gasteiger partial charge in [0.2, 0.25) is 0 Å². The molecule has 15 heavy (non-hydrogen) atoms. The molecule has 0 unspecified atom stereocenters. The Bertz CT molecular complexity index is 459. The van der Waals surface area contributed by atoms with Gasteiger partial charge in [0, 0.05) is 24.0 Å². The van der Waals surface area contributed by atoms with E-state index in [2.05, 4.69) is 10.1 Å². The van der Waals surface area contributed by atoms with Crippen molar-refractivity contribution in [1.29, 1.82) is 0 Å². The van der Waals surface area contributed by atoms with Crippen LogP contribution in [0.25, 0.3) is 5.69 Å². The highest BCUT2D eigenvalue weighted by Crippen LogP contribution is 2.16. The number of nitrogens with zero attached hydrogens (tertiary/aromatic N) is 3. The van der Waals surface area contributed by atoms with Gasteiger partial charge in [-0.3, -0.25) is 4.98 Å². The van der Waals surface area contributed by atoms with Crippen molar-refractivity contribution in [3.8, 4) is 5.69 Å². The highest BCUT2D eigenvalue weighted by molar-refractivity contribution is 5.34. The minimum atomic E-state index is 0.526. The second-order valence-electron chi connectivity index (χ2n) is 3.48. The lowest BCUT2D eigenvalue weighted by atomic mass is 10.2.